The number of carbonyl (C=O) groups is 1. The van der Waals surface area contributed by atoms with Gasteiger partial charge in [0.15, 0.2) is 5.82 Å². The van der Waals surface area contributed by atoms with E-state index in [2.05, 4.69) is 20.9 Å². The van der Waals surface area contributed by atoms with Crippen molar-refractivity contribution in [2.75, 3.05) is 7.11 Å². The van der Waals surface area contributed by atoms with Gasteiger partial charge in [0, 0.05) is 10.7 Å². The summed E-state index contributed by atoms with van der Waals surface area (Å²) in [6.07, 6.45) is 1.49. The monoisotopic (exact) mass is 343 g/mol. The molecule has 0 N–H and O–H groups in total. The van der Waals surface area contributed by atoms with Crippen molar-refractivity contribution in [3.63, 3.8) is 0 Å². The fraction of sp³-hybridized carbons (Fsp3) is 0.0769. The minimum atomic E-state index is -0.771. The van der Waals surface area contributed by atoms with Crippen molar-refractivity contribution in [2.24, 2.45) is 0 Å². The van der Waals surface area contributed by atoms with Crippen LogP contribution in [0.4, 0.5) is 4.39 Å². The van der Waals surface area contributed by atoms with Crippen molar-refractivity contribution < 1.29 is 13.9 Å². The minimum absolute atomic E-state index is 0.125. The number of benzene rings is 1. The lowest BCUT2D eigenvalue weighted by atomic mass is 10.0. The summed E-state index contributed by atoms with van der Waals surface area (Å²) in [6, 6.07) is 5.97. The Balaban J connectivity index is 2.54. The van der Waals surface area contributed by atoms with Crippen LogP contribution in [0.3, 0.4) is 0 Å². The van der Waals surface area contributed by atoms with Crippen LogP contribution >= 0.6 is 27.5 Å². The summed E-state index contributed by atoms with van der Waals surface area (Å²) in [5, 5.41) is -0.131. The molecule has 2 aromatic rings. The number of pyridine rings is 1. The number of hydrogen-bond donors (Lipinski definition) is 0. The van der Waals surface area contributed by atoms with Gasteiger partial charge in [-0.1, -0.05) is 11.6 Å². The molecule has 0 amide bonds. The van der Waals surface area contributed by atoms with Crippen molar-refractivity contribution in [3.05, 3.63) is 56.9 Å². The van der Waals surface area contributed by atoms with Gasteiger partial charge in [-0.3, -0.25) is 4.79 Å². The third kappa shape index (κ3) is 2.62. The Morgan fingerprint density at radius 1 is 1.37 bits per heavy atom. The number of ketones is 1. The summed E-state index contributed by atoms with van der Waals surface area (Å²) < 4.78 is 19.4. The van der Waals surface area contributed by atoms with E-state index in [1.807, 2.05) is 0 Å². The maximum absolute atomic E-state index is 14.0. The zero-order valence-electron chi connectivity index (χ0n) is 9.78. The smallest absolute Gasteiger partial charge is 0.224 e. The fourth-order valence-electron chi connectivity index (χ4n) is 1.57. The lowest BCUT2D eigenvalue weighted by molar-refractivity contribution is 0.103. The number of carbonyl (C=O) groups excluding carboxylic acids is 1. The van der Waals surface area contributed by atoms with Crippen LogP contribution in [0.15, 0.2) is 34.9 Å². The lowest BCUT2D eigenvalue weighted by Crippen LogP contribution is -2.07. The van der Waals surface area contributed by atoms with Gasteiger partial charge >= 0.3 is 0 Å². The standard InChI is InChI=1S/C13H8BrClFNO2/c1-19-13-8(3-2-6-17-13)12(18)7-4-5-9(14)10(15)11(7)16/h2-6H,1H3. The maximum atomic E-state index is 14.0. The van der Waals surface area contributed by atoms with Gasteiger partial charge in [-0.2, -0.15) is 0 Å². The number of hydrogen-bond acceptors (Lipinski definition) is 3. The summed E-state index contributed by atoms with van der Waals surface area (Å²) in [6.45, 7) is 0. The van der Waals surface area contributed by atoms with Gasteiger partial charge in [-0.15, -0.1) is 0 Å². The molecule has 0 radical (unpaired) electrons. The summed E-state index contributed by atoms with van der Waals surface area (Å²) in [7, 11) is 1.39. The third-order valence-electron chi connectivity index (χ3n) is 2.49. The molecule has 0 saturated carbocycles. The van der Waals surface area contributed by atoms with Gasteiger partial charge in [0.05, 0.1) is 23.3 Å². The Hall–Kier alpha value is -1.46. The molecular formula is C13H8BrClFNO2. The van der Waals surface area contributed by atoms with Crippen LogP contribution in [-0.4, -0.2) is 17.9 Å². The van der Waals surface area contributed by atoms with E-state index in [0.29, 0.717) is 4.47 Å². The molecule has 0 fully saturated rings. The molecule has 0 saturated heterocycles. The van der Waals surface area contributed by atoms with Crippen molar-refractivity contribution in [1.82, 2.24) is 4.98 Å². The van der Waals surface area contributed by atoms with Crippen LogP contribution in [0.25, 0.3) is 0 Å². The highest BCUT2D eigenvalue weighted by atomic mass is 79.9. The summed E-state index contributed by atoms with van der Waals surface area (Å²) >= 11 is 8.86. The number of halogens is 3. The van der Waals surface area contributed by atoms with Gasteiger partial charge < -0.3 is 4.74 Å². The van der Waals surface area contributed by atoms with Crippen molar-refractivity contribution >= 4 is 33.3 Å². The van der Waals surface area contributed by atoms with Gasteiger partial charge in [0.2, 0.25) is 11.7 Å². The van der Waals surface area contributed by atoms with Crippen molar-refractivity contribution in [1.29, 1.82) is 0 Å². The molecule has 19 heavy (non-hydrogen) atoms. The number of rotatable bonds is 3. The van der Waals surface area contributed by atoms with Crippen LogP contribution in [0.5, 0.6) is 5.88 Å². The highest BCUT2D eigenvalue weighted by molar-refractivity contribution is 9.10. The summed E-state index contributed by atoms with van der Waals surface area (Å²) in [5.74, 6) is -1.16. The number of aromatic nitrogens is 1. The molecule has 0 aliphatic heterocycles. The van der Waals surface area contributed by atoms with Crippen molar-refractivity contribution in [2.45, 2.75) is 0 Å². The second-order valence-electron chi connectivity index (χ2n) is 3.61. The molecule has 0 atom stereocenters. The third-order valence-corrected chi connectivity index (χ3v) is 3.75. The van der Waals surface area contributed by atoms with Crippen molar-refractivity contribution in [3.8, 4) is 5.88 Å². The topological polar surface area (TPSA) is 39.2 Å². The normalized spacial score (nSPS) is 10.3. The van der Waals surface area contributed by atoms with E-state index < -0.39 is 11.6 Å². The maximum Gasteiger partial charge on any atom is 0.224 e. The largest absolute Gasteiger partial charge is 0.480 e. The molecule has 98 valence electrons. The SMILES string of the molecule is COc1ncccc1C(=O)c1ccc(Br)c(Cl)c1F. The number of methoxy groups -OCH3 is 1. The molecule has 1 aromatic heterocycles. The molecule has 6 heteroatoms. The molecular weight excluding hydrogens is 337 g/mol. The fourth-order valence-corrected chi connectivity index (χ4v) is 2.04. The van der Waals surface area contributed by atoms with E-state index in [1.165, 1.54) is 31.5 Å². The Morgan fingerprint density at radius 3 is 2.79 bits per heavy atom. The average Bonchev–Trinajstić information content (AvgIpc) is 2.44. The average molecular weight is 345 g/mol. The quantitative estimate of drug-likeness (QED) is 0.626. The van der Waals surface area contributed by atoms with Gasteiger partial charge in [-0.25, -0.2) is 9.37 Å². The second kappa shape index (κ2) is 5.67. The Morgan fingerprint density at radius 2 is 2.11 bits per heavy atom. The van der Waals surface area contributed by atoms with Gasteiger partial charge in [0.1, 0.15) is 0 Å². The molecule has 0 spiro atoms. The summed E-state index contributed by atoms with van der Waals surface area (Å²) in [4.78, 5) is 16.2. The van der Waals surface area contributed by atoms with E-state index in [9.17, 15) is 9.18 Å². The van der Waals surface area contributed by atoms with Crippen LogP contribution < -0.4 is 4.74 Å². The second-order valence-corrected chi connectivity index (χ2v) is 4.84. The highest BCUT2D eigenvalue weighted by Crippen LogP contribution is 2.29. The molecule has 0 aliphatic rings. The van der Waals surface area contributed by atoms with E-state index in [1.54, 1.807) is 6.07 Å². The molecule has 2 rings (SSSR count). The predicted molar refractivity (Wildman–Crippen MR) is 73.3 cm³/mol. The summed E-state index contributed by atoms with van der Waals surface area (Å²) in [5.41, 5.74) is 0.0572. The van der Waals surface area contributed by atoms with E-state index in [4.69, 9.17) is 16.3 Å². The highest BCUT2D eigenvalue weighted by Gasteiger charge is 2.21. The Labute approximate surface area is 122 Å². The lowest BCUT2D eigenvalue weighted by Gasteiger charge is -2.08. The zero-order chi connectivity index (χ0) is 14.0. The number of nitrogens with zero attached hydrogens (tertiary/aromatic N) is 1. The van der Waals surface area contributed by atoms with Gasteiger partial charge in [-0.05, 0) is 40.2 Å². The Kier molecular flexibility index (Phi) is 4.17. The molecule has 0 bridgehead atoms. The predicted octanol–water partition coefficient (Wildman–Crippen LogP) is 3.88. The van der Waals surface area contributed by atoms with E-state index in [0.717, 1.165) is 0 Å². The molecule has 1 aromatic carbocycles. The van der Waals surface area contributed by atoms with E-state index in [-0.39, 0.29) is 22.0 Å². The number of ether oxygens (including phenoxy) is 1. The minimum Gasteiger partial charge on any atom is -0.480 e. The van der Waals surface area contributed by atoms with Crippen LogP contribution in [0, 0.1) is 5.82 Å². The molecule has 3 nitrogen and oxygen atoms in total. The first-order chi connectivity index (χ1) is 9.06. The first kappa shape index (κ1) is 14.0. The first-order valence-electron chi connectivity index (χ1n) is 5.23. The van der Waals surface area contributed by atoms with Gasteiger partial charge in [0.25, 0.3) is 0 Å². The van der Waals surface area contributed by atoms with E-state index >= 15 is 0 Å². The first-order valence-corrected chi connectivity index (χ1v) is 6.40. The van der Waals surface area contributed by atoms with Crippen LogP contribution in [-0.2, 0) is 0 Å². The molecule has 0 aliphatic carbocycles. The van der Waals surface area contributed by atoms with Crippen LogP contribution in [0.2, 0.25) is 5.02 Å². The molecule has 0 unspecified atom stereocenters. The zero-order valence-corrected chi connectivity index (χ0v) is 12.1. The molecule has 1 heterocycles. The van der Waals surface area contributed by atoms with Crippen LogP contribution in [0.1, 0.15) is 15.9 Å². The Bertz CT molecular complexity index is 649.